The van der Waals surface area contributed by atoms with E-state index in [1.165, 1.54) is 30.4 Å². The molecule has 0 spiro atoms. The average Bonchev–Trinajstić information content (AvgIpc) is 2.57. The minimum Gasteiger partial charge on any atom is -0.489 e. The van der Waals surface area contributed by atoms with Crippen LogP contribution >= 0.6 is 0 Å². The molecule has 116 valence electrons. The van der Waals surface area contributed by atoms with Gasteiger partial charge in [0.2, 0.25) is 0 Å². The minimum absolute atomic E-state index is 0.343. The van der Waals surface area contributed by atoms with Gasteiger partial charge in [0.1, 0.15) is 12.4 Å². The van der Waals surface area contributed by atoms with Crippen molar-refractivity contribution in [2.45, 2.75) is 44.8 Å². The molecule has 1 aliphatic carbocycles. The zero-order chi connectivity index (χ0) is 15.2. The Kier molecular flexibility index (Phi) is 5.12. The Hall–Kier alpha value is -1.80. The van der Waals surface area contributed by atoms with Crippen LogP contribution in [0.2, 0.25) is 0 Å². The van der Waals surface area contributed by atoms with Gasteiger partial charge in [0.05, 0.1) is 0 Å². The van der Waals surface area contributed by atoms with Crippen molar-refractivity contribution in [2.75, 3.05) is 0 Å². The first-order valence-corrected chi connectivity index (χ1v) is 8.33. The number of ether oxygens (including phenoxy) is 1. The highest BCUT2D eigenvalue weighted by molar-refractivity contribution is 5.34. The van der Waals surface area contributed by atoms with Crippen LogP contribution in [0.1, 0.15) is 36.8 Å². The Morgan fingerprint density at radius 2 is 1.64 bits per heavy atom. The van der Waals surface area contributed by atoms with E-state index in [4.69, 9.17) is 10.5 Å². The lowest BCUT2D eigenvalue weighted by molar-refractivity contribution is 0.285. The van der Waals surface area contributed by atoms with Gasteiger partial charge in [-0.25, -0.2) is 0 Å². The summed E-state index contributed by atoms with van der Waals surface area (Å²) in [6.07, 6.45) is 6.03. The third kappa shape index (κ3) is 3.89. The number of rotatable bonds is 5. The maximum Gasteiger partial charge on any atom is 0.123 e. The second-order valence-electron chi connectivity index (χ2n) is 6.29. The quantitative estimate of drug-likeness (QED) is 0.891. The standard InChI is InChI=1S/C20H25NO/c21-19-12-6-4-10-17(19)14-18-11-5-7-13-20(18)22-15-16-8-2-1-3-9-16/h1-3,5,7-9,11,13,17,19H,4,6,10,12,14-15,21H2. The van der Waals surface area contributed by atoms with Gasteiger partial charge in [-0.15, -0.1) is 0 Å². The van der Waals surface area contributed by atoms with Crippen molar-refractivity contribution in [1.82, 2.24) is 0 Å². The lowest BCUT2D eigenvalue weighted by atomic mass is 9.81. The molecule has 0 bridgehead atoms. The third-order valence-corrected chi connectivity index (χ3v) is 4.66. The Balaban J connectivity index is 1.67. The molecular formula is C20H25NO. The number of benzene rings is 2. The number of hydrogen-bond donors (Lipinski definition) is 1. The van der Waals surface area contributed by atoms with Crippen LogP contribution in [0.4, 0.5) is 0 Å². The van der Waals surface area contributed by atoms with Gasteiger partial charge in [0.25, 0.3) is 0 Å². The summed E-state index contributed by atoms with van der Waals surface area (Å²) >= 11 is 0. The zero-order valence-electron chi connectivity index (χ0n) is 13.1. The van der Waals surface area contributed by atoms with E-state index in [0.29, 0.717) is 18.6 Å². The van der Waals surface area contributed by atoms with Gasteiger partial charge >= 0.3 is 0 Å². The molecule has 2 aromatic rings. The first kappa shape index (κ1) is 15.1. The molecule has 2 heteroatoms. The summed E-state index contributed by atoms with van der Waals surface area (Å²) in [7, 11) is 0. The first-order chi connectivity index (χ1) is 10.8. The van der Waals surface area contributed by atoms with E-state index in [9.17, 15) is 0 Å². The van der Waals surface area contributed by atoms with Crippen molar-refractivity contribution in [3.8, 4) is 5.75 Å². The van der Waals surface area contributed by atoms with Crippen molar-refractivity contribution >= 4 is 0 Å². The number of para-hydroxylation sites is 1. The highest BCUT2D eigenvalue weighted by Crippen LogP contribution is 2.30. The second-order valence-corrected chi connectivity index (χ2v) is 6.29. The minimum atomic E-state index is 0.343. The summed E-state index contributed by atoms with van der Waals surface area (Å²) in [4.78, 5) is 0. The molecule has 0 amide bonds. The van der Waals surface area contributed by atoms with E-state index in [1.54, 1.807) is 0 Å². The van der Waals surface area contributed by atoms with Gasteiger partial charge in [0.15, 0.2) is 0 Å². The molecule has 0 aliphatic heterocycles. The van der Waals surface area contributed by atoms with E-state index in [1.807, 2.05) is 24.3 Å². The maximum absolute atomic E-state index is 6.30. The normalized spacial score (nSPS) is 21.5. The Bertz CT molecular complexity index is 581. The van der Waals surface area contributed by atoms with E-state index in [-0.39, 0.29) is 0 Å². The Morgan fingerprint density at radius 3 is 2.45 bits per heavy atom. The van der Waals surface area contributed by atoms with Gasteiger partial charge < -0.3 is 10.5 Å². The van der Waals surface area contributed by atoms with Crippen molar-refractivity contribution in [3.05, 3.63) is 65.7 Å². The van der Waals surface area contributed by atoms with Gasteiger partial charge in [-0.1, -0.05) is 61.4 Å². The molecule has 0 heterocycles. The molecule has 0 aromatic heterocycles. The van der Waals surface area contributed by atoms with E-state index < -0.39 is 0 Å². The molecule has 2 atom stereocenters. The first-order valence-electron chi connectivity index (χ1n) is 8.33. The van der Waals surface area contributed by atoms with Crippen LogP contribution in [0.25, 0.3) is 0 Å². The van der Waals surface area contributed by atoms with E-state index in [0.717, 1.165) is 18.6 Å². The molecule has 1 fully saturated rings. The smallest absolute Gasteiger partial charge is 0.123 e. The second kappa shape index (κ2) is 7.46. The van der Waals surface area contributed by atoms with Crippen molar-refractivity contribution in [3.63, 3.8) is 0 Å². The molecule has 0 saturated heterocycles. The summed E-state index contributed by atoms with van der Waals surface area (Å²) in [5.41, 5.74) is 8.79. The van der Waals surface area contributed by atoms with Crippen LogP contribution < -0.4 is 10.5 Å². The summed E-state index contributed by atoms with van der Waals surface area (Å²) in [5, 5.41) is 0. The molecular weight excluding hydrogens is 270 g/mol. The summed E-state index contributed by atoms with van der Waals surface area (Å²) < 4.78 is 6.06. The highest BCUT2D eigenvalue weighted by Gasteiger charge is 2.23. The monoisotopic (exact) mass is 295 g/mol. The van der Waals surface area contributed by atoms with Crippen molar-refractivity contribution < 1.29 is 4.74 Å². The van der Waals surface area contributed by atoms with Crippen molar-refractivity contribution in [2.24, 2.45) is 11.7 Å². The number of nitrogens with two attached hydrogens (primary N) is 1. The fraction of sp³-hybridized carbons (Fsp3) is 0.400. The lowest BCUT2D eigenvalue weighted by Gasteiger charge is -2.29. The predicted molar refractivity (Wildman–Crippen MR) is 90.9 cm³/mol. The van der Waals surface area contributed by atoms with Crippen molar-refractivity contribution in [1.29, 1.82) is 0 Å². The summed E-state index contributed by atoms with van der Waals surface area (Å²) in [5.74, 6) is 1.60. The van der Waals surface area contributed by atoms with Crippen LogP contribution in [0.5, 0.6) is 5.75 Å². The van der Waals surface area contributed by atoms with Crippen LogP contribution in [0.15, 0.2) is 54.6 Å². The summed E-state index contributed by atoms with van der Waals surface area (Å²) in [6, 6.07) is 19.1. The molecule has 1 saturated carbocycles. The van der Waals surface area contributed by atoms with Crippen LogP contribution in [-0.2, 0) is 13.0 Å². The average molecular weight is 295 g/mol. The zero-order valence-corrected chi connectivity index (χ0v) is 13.1. The van der Waals surface area contributed by atoms with Crippen LogP contribution in [0.3, 0.4) is 0 Å². The Labute approximate surface area is 133 Å². The topological polar surface area (TPSA) is 35.2 Å². The third-order valence-electron chi connectivity index (χ3n) is 4.66. The van der Waals surface area contributed by atoms with Crippen LogP contribution in [-0.4, -0.2) is 6.04 Å². The van der Waals surface area contributed by atoms with E-state index >= 15 is 0 Å². The predicted octanol–water partition coefficient (Wildman–Crippen LogP) is 4.33. The fourth-order valence-corrected chi connectivity index (χ4v) is 3.32. The van der Waals surface area contributed by atoms with Gasteiger partial charge in [-0.2, -0.15) is 0 Å². The van der Waals surface area contributed by atoms with E-state index in [2.05, 4.69) is 30.3 Å². The lowest BCUT2D eigenvalue weighted by Crippen LogP contribution is -2.34. The largest absolute Gasteiger partial charge is 0.489 e. The number of hydrogen-bond acceptors (Lipinski definition) is 2. The van der Waals surface area contributed by atoms with Crippen LogP contribution in [0, 0.1) is 5.92 Å². The van der Waals surface area contributed by atoms with Gasteiger partial charge in [-0.3, -0.25) is 0 Å². The molecule has 2 aromatic carbocycles. The molecule has 0 radical (unpaired) electrons. The molecule has 2 nitrogen and oxygen atoms in total. The molecule has 2 unspecified atom stereocenters. The maximum atomic E-state index is 6.30. The molecule has 2 N–H and O–H groups in total. The summed E-state index contributed by atoms with van der Waals surface area (Å²) in [6.45, 7) is 0.620. The van der Waals surface area contributed by atoms with Gasteiger partial charge in [-0.05, 0) is 42.4 Å². The molecule has 3 rings (SSSR count). The molecule has 1 aliphatic rings. The SMILES string of the molecule is NC1CCCCC1Cc1ccccc1OCc1ccccc1. The fourth-order valence-electron chi connectivity index (χ4n) is 3.32. The van der Waals surface area contributed by atoms with Gasteiger partial charge in [0, 0.05) is 6.04 Å². The molecule has 22 heavy (non-hydrogen) atoms. The highest BCUT2D eigenvalue weighted by atomic mass is 16.5. The Morgan fingerprint density at radius 1 is 0.909 bits per heavy atom.